The van der Waals surface area contributed by atoms with Crippen molar-refractivity contribution in [3.63, 3.8) is 0 Å². The van der Waals surface area contributed by atoms with Gasteiger partial charge < -0.3 is 4.89 Å². The Bertz CT molecular complexity index is 263. The largest absolute Gasteiger partial charge is 0.329 e. The van der Waals surface area contributed by atoms with E-state index in [1.807, 2.05) is 0 Å². The van der Waals surface area contributed by atoms with E-state index in [-0.39, 0.29) is 0 Å². The third-order valence-corrected chi connectivity index (χ3v) is 10.7. The van der Waals surface area contributed by atoms with Crippen LogP contribution in [-0.4, -0.2) is 16.4 Å². The second-order valence-electron chi connectivity index (χ2n) is 5.89. The van der Waals surface area contributed by atoms with Gasteiger partial charge in [0, 0.05) is 11.5 Å². The average molecular weight is 355 g/mol. The Hall–Kier alpha value is 0.890. The molecule has 0 aromatic heterocycles. The fourth-order valence-corrected chi connectivity index (χ4v) is 8.30. The van der Waals surface area contributed by atoms with Crippen LogP contribution in [-0.2, 0) is 4.57 Å². The van der Waals surface area contributed by atoms with E-state index < -0.39 is 5.77 Å². The molecule has 2 atom stereocenters. The van der Waals surface area contributed by atoms with E-state index in [0.717, 1.165) is 24.3 Å². The summed E-state index contributed by atoms with van der Waals surface area (Å²) < 4.78 is 12.3. The van der Waals surface area contributed by atoms with Crippen molar-refractivity contribution in [2.75, 3.05) is 11.5 Å². The molecule has 5 heteroatoms. The Kier molecular flexibility index (Phi) is 13.9. The van der Waals surface area contributed by atoms with E-state index in [9.17, 15) is 9.46 Å². The van der Waals surface area contributed by atoms with Crippen LogP contribution in [0.25, 0.3) is 0 Å². The van der Waals surface area contributed by atoms with Gasteiger partial charge in [-0.25, -0.2) is 0 Å². The molecule has 0 bridgehead atoms. The first kappa shape index (κ1) is 21.9. The molecular formula is C16H35O2PS2. The first-order chi connectivity index (χ1) is 9.99. The summed E-state index contributed by atoms with van der Waals surface area (Å²) in [6, 6.07) is 0. The average Bonchev–Trinajstić information content (AvgIpc) is 2.47. The van der Waals surface area contributed by atoms with Gasteiger partial charge in [-0.2, -0.15) is 0 Å². The molecule has 1 N–H and O–H groups in total. The lowest BCUT2D eigenvalue weighted by Crippen LogP contribution is -2.03. The Balaban J connectivity index is 4.08. The van der Waals surface area contributed by atoms with Gasteiger partial charge in [0.05, 0.1) is 0 Å². The van der Waals surface area contributed by atoms with Gasteiger partial charge in [-0.3, -0.25) is 4.57 Å². The second-order valence-corrected chi connectivity index (χ2v) is 13.2. The predicted octanol–water partition coefficient (Wildman–Crippen LogP) is 6.99. The Morgan fingerprint density at radius 1 is 0.857 bits per heavy atom. The topological polar surface area (TPSA) is 37.3 Å². The molecule has 2 nitrogen and oxygen atoms in total. The molecule has 2 unspecified atom stereocenters. The van der Waals surface area contributed by atoms with Crippen LogP contribution in [0.4, 0.5) is 0 Å². The summed E-state index contributed by atoms with van der Waals surface area (Å²) in [5.74, 6) is -0.194. The summed E-state index contributed by atoms with van der Waals surface area (Å²) in [7, 11) is 0. The molecule has 0 heterocycles. The van der Waals surface area contributed by atoms with E-state index in [1.54, 1.807) is 0 Å². The maximum atomic E-state index is 12.3. The summed E-state index contributed by atoms with van der Waals surface area (Å²) in [5, 5.41) is 0. The van der Waals surface area contributed by atoms with Gasteiger partial charge in [0.1, 0.15) is 0 Å². The van der Waals surface area contributed by atoms with Crippen molar-refractivity contribution < 1.29 is 9.46 Å². The van der Waals surface area contributed by atoms with Gasteiger partial charge in [-0.1, -0.05) is 89.0 Å². The molecule has 21 heavy (non-hydrogen) atoms. The first-order valence-corrected chi connectivity index (χ1v) is 13.4. The van der Waals surface area contributed by atoms with Crippen molar-refractivity contribution in [1.82, 2.24) is 0 Å². The van der Waals surface area contributed by atoms with Crippen molar-refractivity contribution in [1.29, 1.82) is 0 Å². The van der Waals surface area contributed by atoms with Crippen molar-refractivity contribution in [2.45, 2.75) is 79.1 Å². The predicted molar refractivity (Wildman–Crippen MR) is 101 cm³/mol. The lowest BCUT2D eigenvalue weighted by molar-refractivity contribution is 0.494. The summed E-state index contributed by atoms with van der Waals surface area (Å²) in [6.45, 7) is 8.78. The highest BCUT2D eigenvalue weighted by Crippen LogP contribution is 2.66. The molecule has 0 aliphatic heterocycles. The van der Waals surface area contributed by atoms with Crippen molar-refractivity contribution in [3.8, 4) is 0 Å². The van der Waals surface area contributed by atoms with E-state index in [2.05, 4.69) is 27.7 Å². The van der Waals surface area contributed by atoms with Crippen LogP contribution in [0.1, 0.15) is 79.1 Å². The standard InChI is InChI=1S/C16H35O2PS2/c1-5-9-11-15(7-3)13-20-19(17,18)21-14-16(8-4)12-10-6-2/h15-16H,5-14H2,1-4H3,(H,17,18). The van der Waals surface area contributed by atoms with Crippen LogP contribution < -0.4 is 0 Å². The van der Waals surface area contributed by atoms with E-state index in [4.69, 9.17) is 0 Å². The normalized spacial score (nSPS) is 17.4. The van der Waals surface area contributed by atoms with Gasteiger partial charge in [-0.15, -0.1) is 0 Å². The van der Waals surface area contributed by atoms with E-state index in [1.165, 1.54) is 61.3 Å². The maximum absolute atomic E-state index is 12.3. The van der Waals surface area contributed by atoms with Crippen molar-refractivity contribution in [2.24, 2.45) is 11.8 Å². The molecule has 0 aromatic carbocycles. The smallest absolute Gasteiger partial charge is 0.310 e. The zero-order chi connectivity index (χ0) is 16.1. The van der Waals surface area contributed by atoms with Gasteiger partial charge in [0.15, 0.2) is 0 Å². The summed E-state index contributed by atoms with van der Waals surface area (Å²) in [6.07, 6.45) is 9.51. The fraction of sp³-hybridized carbons (Fsp3) is 1.00. The molecule has 0 fully saturated rings. The highest BCUT2D eigenvalue weighted by Gasteiger charge is 2.23. The van der Waals surface area contributed by atoms with Crippen LogP contribution >= 0.6 is 28.5 Å². The van der Waals surface area contributed by atoms with Gasteiger partial charge in [-0.05, 0) is 24.7 Å². The first-order valence-electron chi connectivity index (χ1n) is 8.60. The fourth-order valence-electron chi connectivity index (χ4n) is 2.23. The zero-order valence-corrected chi connectivity index (χ0v) is 16.9. The molecule has 0 radical (unpaired) electrons. The minimum atomic E-state index is -3.06. The van der Waals surface area contributed by atoms with E-state index >= 15 is 0 Å². The molecule has 0 saturated carbocycles. The van der Waals surface area contributed by atoms with Crippen LogP contribution in [0.2, 0.25) is 0 Å². The van der Waals surface area contributed by atoms with Crippen LogP contribution in [0.3, 0.4) is 0 Å². The zero-order valence-electron chi connectivity index (χ0n) is 14.3. The maximum Gasteiger partial charge on any atom is 0.310 e. The quantitative estimate of drug-likeness (QED) is 0.341. The van der Waals surface area contributed by atoms with Crippen molar-refractivity contribution in [3.05, 3.63) is 0 Å². The molecule has 0 aromatic rings. The molecule has 0 spiro atoms. The molecule has 0 saturated heterocycles. The molecule has 0 aliphatic rings. The lowest BCUT2D eigenvalue weighted by atomic mass is 10.0. The summed E-state index contributed by atoms with van der Waals surface area (Å²) in [5.41, 5.74) is 0. The van der Waals surface area contributed by atoms with Crippen molar-refractivity contribution >= 4 is 28.5 Å². The lowest BCUT2D eigenvalue weighted by Gasteiger charge is -2.18. The van der Waals surface area contributed by atoms with Crippen LogP contribution in [0.5, 0.6) is 0 Å². The monoisotopic (exact) mass is 354 g/mol. The second kappa shape index (κ2) is 13.3. The van der Waals surface area contributed by atoms with Crippen LogP contribution in [0, 0.1) is 11.8 Å². The molecule has 0 amide bonds. The highest BCUT2D eigenvalue weighted by molar-refractivity contribution is 8.88. The summed E-state index contributed by atoms with van der Waals surface area (Å²) in [4.78, 5) is 10.1. The molecule has 0 rings (SSSR count). The third-order valence-electron chi connectivity index (χ3n) is 4.03. The minimum absolute atomic E-state index is 0.595. The van der Waals surface area contributed by atoms with E-state index in [0.29, 0.717) is 11.8 Å². The molecule has 0 aliphatic carbocycles. The highest BCUT2D eigenvalue weighted by atomic mass is 33.1. The third kappa shape index (κ3) is 12.0. The number of unbranched alkanes of at least 4 members (excludes halogenated alkanes) is 2. The number of hydrogen-bond donors (Lipinski definition) is 1. The number of rotatable bonds is 14. The minimum Gasteiger partial charge on any atom is -0.329 e. The molecular weight excluding hydrogens is 319 g/mol. The summed E-state index contributed by atoms with van der Waals surface area (Å²) >= 11 is 2.62. The van der Waals surface area contributed by atoms with Gasteiger partial charge in [0.2, 0.25) is 0 Å². The SMILES string of the molecule is CCCCC(CC)CSP(=O)(O)SCC(CC)CCCC. The Morgan fingerprint density at radius 2 is 1.24 bits per heavy atom. The Morgan fingerprint density at radius 3 is 1.52 bits per heavy atom. The van der Waals surface area contributed by atoms with Gasteiger partial charge in [0.25, 0.3) is 0 Å². The molecule has 128 valence electrons. The van der Waals surface area contributed by atoms with Crippen LogP contribution in [0.15, 0.2) is 0 Å². The number of hydrogen-bond acceptors (Lipinski definition) is 3. The Labute approximate surface area is 140 Å². The van der Waals surface area contributed by atoms with Gasteiger partial charge >= 0.3 is 5.77 Å².